The maximum Gasteiger partial charge on any atom is 0.335 e. The van der Waals surface area contributed by atoms with Gasteiger partial charge in [-0.1, -0.05) is 18.2 Å². The fourth-order valence-electron chi connectivity index (χ4n) is 2.27. The van der Waals surface area contributed by atoms with Crippen LogP contribution in [-0.4, -0.2) is 48.8 Å². The van der Waals surface area contributed by atoms with Crippen molar-refractivity contribution in [2.45, 2.75) is 13.0 Å². The zero-order valence-corrected chi connectivity index (χ0v) is 12.5. The second kappa shape index (κ2) is 7.61. The molecule has 0 radical (unpaired) electrons. The van der Waals surface area contributed by atoms with Gasteiger partial charge in [0.05, 0.1) is 12.2 Å². The van der Waals surface area contributed by atoms with E-state index in [1.165, 1.54) is 17.7 Å². The number of methoxy groups -OCH3 is 1. The van der Waals surface area contributed by atoms with Crippen LogP contribution in [0.1, 0.15) is 22.3 Å². The molecule has 2 N–H and O–H groups in total. The van der Waals surface area contributed by atoms with E-state index in [-0.39, 0.29) is 11.6 Å². The van der Waals surface area contributed by atoms with Crippen LogP contribution in [0, 0.1) is 0 Å². The van der Waals surface area contributed by atoms with E-state index in [0.717, 1.165) is 12.0 Å². The second-order valence-corrected chi connectivity index (χ2v) is 5.15. The van der Waals surface area contributed by atoms with Crippen molar-refractivity contribution in [3.05, 3.63) is 47.0 Å². The highest BCUT2D eigenvalue weighted by Gasteiger charge is 2.16. The Morgan fingerprint density at radius 2 is 2.05 bits per heavy atom. The zero-order chi connectivity index (χ0) is 15.9. The van der Waals surface area contributed by atoms with Gasteiger partial charge in [-0.3, -0.25) is 0 Å². The van der Waals surface area contributed by atoms with Crippen LogP contribution in [0.3, 0.4) is 0 Å². The molecule has 1 aromatic carbocycles. The number of aromatic carboxylic acids is 1. The quantitative estimate of drug-likeness (QED) is 0.814. The molecule has 0 aliphatic carbocycles. The average molecular weight is 304 g/mol. The molecule has 0 spiro atoms. The SMILES string of the molecule is COCC1=CCN(C(=O)NCc2ccc(C(=O)O)cc2)CC1. The summed E-state index contributed by atoms with van der Waals surface area (Å²) >= 11 is 0. The van der Waals surface area contributed by atoms with E-state index in [1.807, 2.05) is 6.08 Å². The fourth-order valence-corrected chi connectivity index (χ4v) is 2.27. The molecular formula is C16H20N2O4. The van der Waals surface area contributed by atoms with Gasteiger partial charge < -0.3 is 20.1 Å². The van der Waals surface area contributed by atoms with E-state index in [0.29, 0.717) is 26.2 Å². The predicted molar refractivity (Wildman–Crippen MR) is 81.8 cm³/mol. The minimum Gasteiger partial charge on any atom is -0.478 e. The largest absolute Gasteiger partial charge is 0.478 e. The van der Waals surface area contributed by atoms with Crippen molar-refractivity contribution in [2.75, 3.05) is 26.8 Å². The lowest BCUT2D eigenvalue weighted by atomic mass is 10.1. The van der Waals surface area contributed by atoms with Gasteiger partial charge in [0.25, 0.3) is 0 Å². The summed E-state index contributed by atoms with van der Waals surface area (Å²) in [5.74, 6) is -0.956. The van der Waals surface area contributed by atoms with Crippen LogP contribution in [-0.2, 0) is 11.3 Å². The molecule has 1 aliphatic heterocycles. The van der Waals surface area contributed by atoms with Crippen molar-refractivity contribution < 1.29 is 19.4 Å². The molecule has 2 rings (SSSR count). The normalized spacial score (nSPS) is 14.4. The molecule has 0 fully saturated rings. The highest BCUT2D eigenvalue weighted by Crippen LogP contribution is 2.11. The van der Waals surface area contributed by atoms with E-state index in [9.17, 15) is 9.59 Å². The standard InChI is InChI=1S/C16H20N2O4/c1-22-11-13-6-8-18(9-7-13)16(21)17-10-12-2-4-14(5-3-12)15(19)20/h2-6H,7-11H2,1H3,(H,17,21)(H,19,20). The van der Waals surface area contributed by atoms with Gasteiger partial charge in [-0.15, -0.1) is 0 Å². The average Bonchev–Trinajstić information content (AvgIpc) is 2.54. The highest BCUT2D eigenvalue weighted by atomic mass is 16.5. The Labute approximate surface area is 129 Å². The smallest absolute Gasteiger partial charge is 0.335 e. The van der Waals surface area contributed by atoms with Crippen LogP contribution >= 0.6 is 0 Å². The third-order valence-corrected chi connectivity index (χ3v) is 3.56. The van der Waals surface area contributed by atoms with Gasteiger partial charge in [0.15, 0.2) is 0 Å². The Morgan fingerprint density at radius 1 is 1.32 bits per heavy atom. The molecule has 0 bridgehead atoms. The molecule has 118 valence electrons. The molecule has 1 aliphatic rings. The van der Waals surface area contributed by atoms with Crippen molar-refractivity contribution in [3.63, 3.8) is 0 Å². The molecule has 1 aromatic rings. The van der Waals surface area contributed by atoms with Gasteiger partial charge in [0.1, 0.15) is 0 Å². The molecule has 6 heteroatoms. The van der Waals surface area contributed by atoms with Crippen LogP contribution in [0.5, 0.6) is 0 Å². The minimum absolute atomic E-state index is 0.116. The monoisotopic (exact) mass is 304 g/mol. The molecule has 0 saturated heterocycles. The van der Waals surface area contributed by atoms with E-state index in [2.05, 4.69) is 5.32 Å². The third kappa shape index (κ3) is 4.33. The summed E-state index contributed by atoms with van der Waals surface area (Å²) in [5, 5.41) is 11.7. The predicted octanol–water partition coefficient (Wildman–Crippen LogP) is 1.87. The number of nitrogens with zero attached hydrogens (tertiary/aromatic N) is 1. The maximum atomic E-state index is 12.1. The van der Waals surface area contributed by atoms with Gasteiger partial charge in [-0.2, -0.15) is 0 Å². The van der Waals surface area contributed by atoms with E-state index in [1.54, 1.807) is 24.1 Å². The lowest BCUT2D eigenvalue weighted by molar-refractivity contribution is 0.0697. The molecule has 0 unspecified atom stereocenters. The molecule has 0 atom stereocenters. The summed E-state index contributed by atoms with van der Waals surface area (Å²) in [6, 6.07) is 6.36. The van der Waals surface area contributed by atoms with Gasteiger partial charge >= 0.3 is 12.0 Å². The summed E-state index contributed by atoms with van der Waals surface area (Å²) in [6.45, 7) is 2.26. The van der Waals surface area contributed by atoms with Crippen LogP contribution in [0.4, 0.5) is 4.79 Å². The molecule has 1 heterocycles. The van der Waals surface area contributed by atoms with Gasteiger partial charge in [-0.25, -0.2) is 9.59 Å². The van der Waals surface area contributed by atoms with Gasteiger partial charge in [0, 0.05) is 26.7 Å². The van der Waals surface area contributed by atoms with E-state index in [4.69, 9.17) is 9.84 Å². The number of urea groups is 1. The zero-order valence-electron chi connectivity index (χ0n) is 12.5. The number of rotatable bonds is 5. The molecular weight excluding hydrogens is 284 g/mol. The Morgan fingerprint density at radius 3 is 2.59 bits per heavy atom. The number of benzene rings is 1. The van der Waals surface area contributed by atoms with E-state index < -0.39 is 5.97 Å². The molecule has 2 amide bonds. The first-order valence-electron chi connectivity index (χ1n) is 7.12. The lowest BCUT2D eigenvalue weighted by Crippen LogP contribution is -2.42. The first kappa shape index (κ1) is 16.0. The number of hydrogen-bond acceptors (Lipinski definition) is 3. The lowest BCUT2D eigenvalue weighted by Gasteiger charge is -2.26. The Bertz CT molecular complexity index is 566. The molecule has 6 nitrogen and oxygen atoms in total. The number of ether oxygens (including phenoxy) is 1. The highest BCUT2D eigenvalue weighted by molar-refractivity contribution is 5.87. The Balaban J connectivity index is 1.82. The summed E-state index contributed by atoms with van der Waals surface area (Å²) in [7, 11) is 1.66. The van der Waals surface area contributed by atoms with Crippen molar-refractivity contribution in [1.29, 1.82) is 0 Å². The summed E-state index contributed by atoms with van der Waals surface area (Å²) in [4.78, 5) is 24.6. The molecule has 0 saturated carbocycles. The number of carbonyl (C=O) groups is 2. The Hall–Kier alpha value is -2.34. The van der Waals surface area contributed by atoms with Crippen LogP contribution in [0.15, 0.2) is 35.9 Å². The third-order valence-electron chi connectivity index (χ3n) is 3.56. The number of hydrogen-bond donors (Lipinski definition) is 2. The number of amides is 2. The topological polar surface area (TPSA) is 78.9 Å². The summed E-state index contributed by atoms with van der Waals surface area (Å²) in [5.41, 5.74) is 2.32. The minimum atomic E-state index is -0.956. The van der Waals surface area contributed by atoms with Crippen LogP contribution in [0.25, 0.3) is 0 Å². The van der Waals surface area contributed by atoms with E-state index >= 15 is 0 Å². The number of carboxylic acid groups (broad SMARTS) is 1. The maximum absolute atomic E-state index is 12.1. The van der Waals surface area contributed by atoms with Crippen molar-refractivity contribution >= 4 is 12.0 Å². The van der Waals surface area contributed by atoms with Crippen molar-refractivity contribution in [2.24, 2.45) is 0 Å². The van der Waals surface area contributed by atoms with Crippen molar-refractivity contribution in [3.8, 4) is 0 Å². The van der Waals surface area contributed by atoms with Crippen LogP contribution in [0.2, 0.25) is 0 Å². The first-order valence-corrected chi connectivity index (χ1v) is 7.12. The number of nitrogens with one attached hydrogen (secondary N) is 1. The first-order chi connectivity index (χ1) is 10.6. The fraction of sp³-hybridized carbons (Fsp3) is 0.375. The van der Waals surface area contributed by atoms with Gasteiger partial charge in [-0.05, 0) is 29.7 Å². The molecule has 0 aromatic heterocycles. The number of carbonyl (C=O) groups excluding carboxylic acids is 1. The van der Waals surface area contributed by atoms with Crippen molar-refractivity contribution in [1.82, 2.24) is 10.2 Å². The second-order valence-electron chi connectivity index (χ2n) is 5.15. The number of carboxylic acids is 1. The summed E-state index contributed by atoms with van der Waals surface area (Å²) < 4.78 is 5.08. The molecule has 22 heavy (non-hydrogen) atoms. The van der Waals surface area contributed by atoms with Gasteiger partial charge in [0.2, 0.25) is 0 Å². The summed E-state index contributed by atoms with van der Waals surface area (Å²) in [6.07, 6.45) is 2.85. The van der Waals surface area contributed by atoms with Crippen LogP contribution < -0.4 is 5.32 Å². The Kier molecular flexibility index (Phi) is 5.55.